The average Bonchev–Trinajstić information content (AvgIpc) is 2.94. The summed E-state index contributed by atoms with van der Waals surface area (Å²) in [5.41, 5.74) is 0. The Labute approximate surface area is 121 Å². The maximum absolute atomic E-state index is 12.7. The van der Waals surface area contributed by atoms with Crippen LogP contribution in [0.1, 0.15) is 11.8 Å². The summed E-state index contributed by atoms with van der Waals surface area (Å²) in [4.78, 5) is 13.1. The van der Waals surface area contributed by atoms with Gasteiger partial charge in [0.2, 0.25) is 0 Å². The molecule has 0 bridgehead atoms. The van der Waals surface area contributed by atoms with Gasteiger partial charge in [-0.25, -0.2) is 4.39 Å². The van der Waals surface area contributed by atoms with Gasteiger partial charge in [-0.1, -0.05) is 6.07 Å². The Morgan fingerprint density at radius 2 is 2.10 bits per heavy atom. The van der Waals surface area contributed by atoms with Gasteiger partial charge in [0.25, 0.3) is 5.91 Å². The molecule has 1 unspecified atom stereocenters. The van der Waals surface area contributed by atoms with Crippen LogP contribution in [0, 0.1) is 5.82 Å². The Balaban J connectivity index is 1.75. The molecule has 1 amide bonds. The van der Waals surface area contributed by atoms with Gasteiger partial charge in [-0.2, -0.15) is 0 Å². The molecule has 20 heavy (non-hydrogen) atoms. The van der Waals surface area contributed by atoms with Gasteiger partial charge in [-0.15, -0.1) is 11.3 Å². The highest BCUT2D eigenvalue weighted by molar-refractivity contribution is 7.09. The number of carbonyl (C=O) groups is 1. The van der Waals surface area contributed by atoms with Crippen molar-refractivity contribution in [3.63, 3.8) is 0 Å². The monoisotopic (exact) mass is 293 g/mol. The molecule has 0 saturated heterocycles. The molecular formula is C15H16FNO2S. The first-order valence-electron chi connectivity index (χ1n) is 6.37. The van der Waals surface area contributed by atoms with Crippen molar-refractivity contribution in [1.29, 1.82) is 0 Å². The molecule has 0 aliphatic rings. The largest absolute Gasteiger partial charge is 0.481 e. The van der Waals surface area contributed by atoms with Crippen molar-refractivity contribution in [2.24, 2.45) is 0 Å². The van der Waals surface area contributed by atoms with Crippen LogP contribution in [0.3, 0.4) is 0 Å². The van der Waals surface area contributed by atoms with E-state index in [1.165, 1.54) is 29.1 Å². The Bertz CT molecular complexity index is 540. The fourth-order valence-corrected chi connectivity index (χ4v) is 2.39. The van der Waals surface area contributed by atoms with Gasteiger partial charge in [0.05, 0.1) is 0 Å². The van der Waals surface area contributed by atoms with E-state index in [4.69, 9.17) is 4.74 Å². The normalized spacial score (nSPS) is 11.9. The summed E-state index contributed by atoms with van der Waals surface area (Å²) in [6.07, 6.45) is 0.205. The fourth-order valence-electron chi connectivity index (χ4n) is 1.68. The highest BCUT2D eigenvalue weighted by Crippen LogP contribution is 2.13. The van der Waals surface area contributed by atoms with Gasteiger partial charge >= 0.3 is 0 Å². The van der Waals surface area contributed by atoms with Crippen molar-refractivity contribution < 1.29 is 13.9 Å². The molecule has 2 rings (SSSR count). The van der Waals surface area contributed by atoms with Crippen molar-refractivity contribution in [2.75, 3.05) is 6.54 Å². The third-order valence-corrected chi connectivity index (χ3v) is 3.68. The Morgan fingerprint density at radius 1 is 1.35 bits per heavy atom. The lowest BCUT2D eigenvalue weighted by atomic mass is 10.3. The number of hydrogen-bond acceptors (Lipinski definition) is 3. The van der Waals surface area contributed by atoms with Crippen molar-refractivity contribution in [2.45, 2.75) is 19.4 Å². The first kappa shape index (κ1) is 14.5. The van der Waals surface area contributed by atoms with Gasteiger partial charge in [0.1, 0.15) is 11.6 Å². The van der Waals surface area contributed by atoms with E-state index in [-0.39, 0.29) is 11.7 Å². The molecule has 0 spiro atoms. The van der Waals surface area contributed by atoms with E-state index in [1.807, 2.05) is 17.5 Å². The average molecular weight is 293 g/mol. The first-order chi connectivity index (χ1) is 9.65. The maximum atomic E-state index is 12.7. The molecule has 106 valence electrons. The molecule has 1 atom stereocenters. The predicted molar refractivity (Wildman–Crippen MR) is 77.5 cm³/mol. The van der Waals surface area contributed by atoms with Crippen LogP contribution in [0.15, 0.2) is 41.8 Å². The molecule has 1 N–H and O–H groups in total. The van der Waals surface area contributed by atoms with Crippen molar-refractivity contribution >= 4 is 17.2 Å². The van der Waals surface area contributed by atoms with Gasteiger partial charge < -0.3 is 10.1 Å². The smallest absolute Gasteiger partial charge is 0.260 e. The number of halogens is 1. The lowest BCUT2D eigenvalue weighted by Crippen LogP contribution is -2.37. The number of nitrogens with one attached hydrogen (secondary N) is 1. The van der Waals surface area contributed by atoms with E-state index < -0.39 is 6.10 Å². The van der Waals surface area contributed by atoms with Crippen LogP contribution >= 0.6 is 11.3 Å². The molecule has 3 nitrogen and oxygen atoms in total. The highest BCUT2D eigenvalue weighted by Gasteiger charge is 2.14. The summed E-state index contributed by atoms with van der Waals surface area (Å²) >= 11 is 1.67. The number of benzene rings is 1. The zero-order chi connectivity index (χ0) is 14.4. The van der Waals surface area contributed by atoms with Crippen LogP contribution in [0.4, 0.5) is 4.39 Å². The zero-order valence-electron chi connectivity index (χ0n) is 11.1. The van der Waals surface area contributed by atoms with Crippen LogP contribution in [0.25, 0.3) is 0 Å². The Kier molecular flexibility index (Phi) is 5.12. The molecule has 1 heterocycles. The maximum Gasteiger partial charge on any atom is 0.260 e. The van der Waals surface area contributed by atoms with E-state index in [2.05, 4.69) is 5.32 Å². The Hall–Kier alpha value is -1.88. The van der Waals surface area contributed by atoms with Crippen LogP contribution in [-0.2, 0) is 11.2 Å². The molecule has 1 aromatic carbocycles. The fraction of sp³-hybridized carbons (Fsp3) is 0.267. The molecule has 0 aliphatic carbocycles. The van der Waals surface area contributed by atoms with Crippen LogP contribution < -0.4 is 10.1 Å². The molecule has 1 aromatic heterocycles. The van der Waals surface area contributed by atoms with E-state index in [0.717, 1.165) is 6.42 Å². The highest BCUT2D eigenvalue weighted by atomic mass is 32.1. The van der Waals surface area contributed by atoms with E-state index in [0.29, 0.717) is 12.3 Å². The second-order valence-corrected chi connectivity index (χ2v) is 5.37. The molecule has 0 radical (unpaired) electrons. The first-order valence-corrected chi connectivity index (χ1v) is 7.25. The molecule has 0 saturated carbocycles. The summed E-state index contributed by atoms with van der Waals surface area (Å²) < 4.78 is 18.2. The SMILES string of the molecule is CC(Oc1ccc(F)cc1)C(=O)NCCc1cccs1. The summed E-state index contributed by atoms with van der Waals surface area (Å²) in [6, 6.07) is 9.64. The van der Waals surface area contributed by atoms with Crippen LogP contribution in [-0.4, -0.2) is 18.6 Å². The lowest BCUT2D eigenvalue weighted by Gasteiger charge is -2.14. The summed E-state index contributed by atoms with van der Waals surface area (Å²) in [5, 5.41) is 4.83. The van der Waals surface area contributed by atoms with E-state index in [1.54, 1.807) is 18.3 Å². The quantitative estimate of drug-likeness (QED) is 0.889. The van der Waals surface area contributed by atoms with Gasteiger partial charge in [0, 0.05) is 11.4 Å². The Morgan fingerprint density at radius 3 is 2.75 bits per heavy atom. The summed E-state index contributed by atoms with van der Waals surface area (Å²) in [5.74, 6) is -0.0245. The minimum atomic E-state index is -0.608. The zero-order valence-corrected chi connectivity index (χ0v) is 12.0. The number of ether oxygens (including phenoxy) is 1. The van der Waals surface area contributed by atoms with Gasteiger partial charge in [-0.3, -0.25) is 4.79 Å². The molecule has 0 fully saturated rings. The second-order valence-electron chi connectivity index (χ2n) is 4.33. The van der Waals surface area contributed by atoms with Crippen molar-refractivity contribution in [3.8, 4) is 5.75 Å². The number of hydrogen-bond donors (Lipinski definition) is 1. The van der Waals surface area contributed by atoms with Gasteiger partial charge in [-0.05, 0) is 49.1 Å². The van der Waals surface area contributed by atoms with Crippen LogP contribution in [0.2, 0.25) is 0 Å². The second kappa shape index (κ2) is 7.05. The number of rotatable bonds is 6. The van der Waals surface area contributed by atoms with E-state index in [9.17, 15) is 9.18 Å². The number of amides is 1. The third kappa shape index (κ3) is 4.35. The molecule has 5 heteroatoms. The topological polar surface area (TPSA) is 38.3 Å². The number of carbonyl (C=O) groups excluding carboxylic acids is 1. The number of thiophene rings is 1. The predicted octanol–water partition coefficient (Wildman–Crippen LogP) is 3.01. The van der Waals surface area contributed by atoms with Crippen molar-refractivity contribution in [3.05, 3.63) is 52.5 Å². The van der Waals surface area contributed by atoms with Crippen molar-refractivity contribution in [1.82, 2.24) is 5.32 Å². The standard InChI is InChI=1S/C15H16FNO2S/c1-11(19-13-6-4-12(16)5-7-13)15(18)17-9-8-14-3-2-10-20-14/h2-7,10-11H,8-9H2,1H3,(H,17,18). The summed E-state index contributed by atoms with van der Waals surface area (Å²) in [7, 11) is 0. The van der Waals surface area contributed by atoms with E-state index >= 15 is 0 Å². The molecular weight excluding hydrogens is 277 g/mol. The lowest BCUT2D eigenvalue weighted by molar-refractivity contribution is -0.127. The molecule has 0 aliphatic heterocycles. The minimum Gasteiger partial charge on any atom is -0.481 e. The third-order valence-electron chi connectivity index (χ3n) is 2.75. The summed E-state index contributed by atoms with van der Waals surface area (Å²) in [6.45, 7) is 2.25. The minimum absolute atomic E-state index is 0.175. The molecule has 2 aromatic rings. The van der Waals surface area contributed by atoms with Crippen LogP contribution in [0.5, 0.6) is 5.75 Å². The van der Waals surface area contributed by atoms with Gasteiger partial charge in [0.15, 0.2) is 6.10 Å².